The Morgan fingerprint density at radius 2 is 2.26 bits per heavy atom. The first kappa shape index (κ1) is 20.0. The average molecular weight is 427 g/mol. The zero-order chi connectivity index (χ0) is 21.4. The number of amides is 1. The zero-order valence-corrected chi connectivity index (χ0v) is 17.3. The van der Waals surface area contributed by atoms with E-state index < -0.39 is 5.82 Å². The molecule has 2 aliphatic heterocycles. The summed E-state index contributed by atoms with van der Waals surface area (Å²) in [5.74, 6) is 0.988. The molecular formula is C21H26FN7O2. The third-order valence-corrected chi connectivity index (χ3v) is 6.26. The largest absolute Gasteiger partial charge is 0.482 e. The van der Waals surface area contributed by atoms with Gasteiger partial charge >= 0.3 is 0 Å². The number of ether oxygens (including phenoxy) is 1. The van der Waals surface area contributed by atoms with Crippen LogP contribution in [0.2, 0.25) is 0 Å². The molecule has 0 radical (unpaired) electrons. The quantitative estimate of drug-likeness (QED) is 0.576. The van der Waals surface area contributed by atoms with Crippen LogP contribution in [-0.2, 0) is 4.79 Å². The van der Waals surface area contributed by atoms with Gasteiger partial charge in [-0.25, -0.2) is 9.37 Å². The number of benzene rings is 1. The average Bonchev–Trinajstić information content (AvgIpc) is 3.26. The van der Waals surface area contributed by atoms with Gasteiger partial charge in [0.2, 0.25) is 5.95 Å². The molecule has 1 saturated heterocycles. The van der Waals surface area contributed by atoms with Crippen LogP contribution in [0.5, 0.6) is 5.75 Å². The second-order valence-electron chi connectivity index (χ2n) is 8.12. The van der Waals surface area contributed by atoms with Crippen molar-refractivity contribution in [2.75, 3.05) is 35.2 Å². The number of carbonyl (C=O) groups excluding carboxylic acids is 1. The summed E-state index contributed by atoms with van der Waals surface area (Å²) in [6, 6.07) is 5.94. The Kier molecular flexibility index (Phi) is 5.33. The predicted molar refractivity (Wildman–Crippen MR) is 115 cm³/mol. The van der Waals surface area contributed by atoms with Crippen LogP contribution in [0.25, 0.3) is 0 Å². The molecule has 3 aliphatic rings. The predicted octanol–water partition coefficient (Wildman–Crippen LogP) is 2.16. The van der Waals surface area contributed by atoms with Gasteiger partial charge in [0.05, 0.1) is 11.9 Å². The minimum absolute atomic E-state index is 0.00508. The normalized spacial score (nSPS) is 24.6. The van der Waals surface area contributed by atoms with Crippen LogP contribution in [0.3, 0.4) is 0 Å². The maximum absolute atomic E-state index is 14.8. The molecule has 1 amide bonds. The smallest absolute Gasteiger partial charge is 0.262 e. The number of anilines is 4. The molecule has 0 bridgehead atoms. The van der Waals surface area contributed by atoms with E-state index in [1.165, 1.54) is 6.20 Å². The fraction of sp³-hybridized carbons (Fsp3) is 0.476. The van der Waals surface area contributed by atoms with Crippen LogP contribution < -0.4 is 31.1 Å². The van der Waals surface area contributed by atoms with Crippen molar-refractivity contribution in [2.45, 2.75) is 38.3 Å². The molecule has 3 heterocycles. The molecule has 10 heteroatoms. The molecular weight excluding hydrogens is 401 g/mol. The molecule has 1 saturated carbocycles. The number of halogens is 1. The van der Waals surface area contributed by atoms with Gasteiger partial charge in [0.1, 0.15) is 5.75 Å². The Morgan fingerprint density at radius 3 is 3.13 bits per heavy atom. The van der Waals surface area contributed by atoms with Gasteiger partial charge < -0.3 is 20.3 Å². The lowest BCUT2D eigenvalue weighted by Gasteiger charge is -2.40. The van der Waals surface area contributed by atoms with E-state index in [-0.39, 0.29) is 18.6 Å². The Morgan fingerprint density at radius 1 is 1.35 bits per heavy atom. The number of carbonyl (C=O) groups is 1. The summed E-state index contributed by atoms with van der Waals surface area (Å²) < 4.78 is 20.2. The van der Waals surface area contributed by atoms with Gasteiger partial charge in [-0.1, -0.05) is 0 Å². The van der Waals surface area contributed by atoms with Crippen molar-refractivity contribution in [3.63, 3.8) is 0 Å². The SMILES string of the molecule is CCN(c1nc(Nc2ccc3c(c2)NC(=O)CO3)ncc1F)C1CCCC2NNCC21. The van der Waals surface area contributed by atoms with Crippen molar-refractivity contribution < 1.29 is 13.9 Å². The highest BCUT2D eigenvalue weighted by Gasteiger charge is 2.40. The van der Waals surface area contributed by atoms with Gasteiger partial charge in [0, 0.05) is 36.8 Å². The second kappa shape index (κ2) is 8.27. The first-order valence-corrected chi connectivity index (χ1v) is 10.7. The number of hydrogen-bond acceptors (Lipinski definition) is 8. The van der Waals surface area contributed by atoms with Crippen LogP contribution in [0.1, 0.15) is 26.2 Å². The molecule has 3 atom stereocenters. The Hall–Kier alpha value is -2.98. The molecule has 31 heavy (non-hydrogen) atoms. The third-order valence-electron chi connectivity index (χ3n) is 6.26. The van der Waals surface area contributed by atoms with Gasteiger partial charge in [0.15, 0.2) is 18.2 Å². The fourth-order valence-electron chi connectivity index (χ4n) is 4.85. The van der Waals surface area contributed by atoms with E-state index in [0.717, 1.165) is 25.8 Å². The number of hydrazine groups is 1. The van der Waals surface area contributed by atoms with Gasteiger partial charge in [-0.3, -0.25) is 15.6 Å². The molecule has 2 fully saturated rings. The molecule has 9 nitrogen and oxygen atoms in total. The van der Waals surface area contributed by atoms with E-state index in [0.29, 0.717) is 47.4 Å². The minimum atomic E-state index is -0.431. The minimum Gasteiger partial charge on any atom is -0.482 e. The summed E-state index contributed by atoms with van der Waals surface area (Å²) in [5.41, 5.74) is 7.86. The number of fused-ring (bicyclic) bond motifs is 2. The van der Waals surface area contributed by atoms with Crippen molar-refractivity contribution in [3.8, 4) is 5.75 Å². The number of hydrogen-bond donors (Lipinski definition) is 4. The highest BCUT2D eigenvalue weighted by molar-refractivity contribution is 5.96. The lowest BCUT2D eigenvalue weighted by molar-refractivity contribution is -0.118. The van der Waals surface area contributed by atoms with Crippen molar-refractivity contribution in [2.24, 2.45) is 5.92 Å². The van der Waals surface area contributed by atoms with Gasteiger partial charge in [-0.05, 0) is 44.4 Å². The summed E-state index contributed by atoms with van der Waals surface area (Å²) in [6.45, 7) is 3.56. The van der Waals surface area contributed by atoms with E-state index in [4.69, 9.17) is 4.74 Å². The van der Waals surface area contributed by atoms with Crippen LogP contribution in [0, 0.1) is 11.7 Å². The summed E-state index contributed by atoms with van der Waals surface area (Å²) >= 11 is 0. The monoisotopic (exact) mass is 427 g/mol. The molecule has 0 spiro atoms. The molecule has 1 aliphatic carbocycles. The molecule has 1 aromatic heterocycles. The van der Waals surface area contributed by atoms with E-state index >= 15 is 0 Å². The molecule has 3 unspecified atom stereocenters. The van der Waals surface area contributed by atoms with Gasteiger partial charge in [-0.2, -0.15) is 4.98 Å². The van der Waals surface area contributed by atoms with Crippen molar-refractivity contribution in [3.05, 3.63) is 30.2 Å². The topological polar surface area (TPSA) is 103 Å². The highest BCUT2D eigenvalue weighted by atomic mass is 19.1. The Balaban J connectivity index is 1.40. The van der Waals surface area contributed by atoms with E-state index in [9.17, 15) is 9.18 Å². The number of nitrogens with zero attached hydrogens (tertiary/aromatic N) is 3. The second-order valence-corrected chi connectivity index (χ2v) is 8.12. The van der Waals surface area contributed by atoms with Gasteiger partial charge in [0.25, 0.3) is 5.91 Å². The summed E-state index contributed by atoms with van der Waals surface area (Å²) in [4.78, 5) is 22.3. The Labute approximate surface area is 179 Å². The maximum Gasteiger partial charge on any atom is 0.262 e. The standard InChI is InChI=1S/C21H26FN7O2/c1-2-29(17-5-3-4-15-13(17)9-24-28-15)20-14(22)10-23-21(27-20)25-12-6-7-18-16(8-12)26-19(30)11-31-18/h6-8,10,13,15,17,24,28H,2-5,9,11H2,1H3,(H,26,30)(H,23,25,27). The highest BCUT2D eigenvalue weighted by Crippen LogP contribution is 2.34. The van der Waals surface area contributed by atoms with E-state index in [1.54, 1.807) is 12.1 Å². The zero-order valence-electron chi connectivity index (χ0n) is 17.3. The fourth-order valence-corrected chi connectivity index (χ4v) is 4.85. The van der Waals surface area contributed by atoms with Crippen LogP contribution in [0.4, 0.5) is 27.5 Å². The summed E-state index contributed by atoms with van der Waals surface area (Å²) in [5, 5.41) is 5.89. The summed E-state index contributed by atoms with van der Waals surface area (Å²) in [6.07, 6.45) is 4.44. The van der Waals surface area contributed by atoms with Crippen LogP contribution >= 0.6 is 0 Å². The first-order valence-electron chi connectivity index (χ1n) is 10.7. The third kappa shape index (κ3) is 3.88. The molecule has 2 aromatic rings. The van der Waals surface area contributed by atoms with Crippen molar-refractivity contribution >= 4 is 29.0 Å². The molecule has 164 valence electrons. The number of rotatable bonds is 5. The molecule has 5 rings (SSSR count). The first-order chi connectivity index (χ1) is 15.1. The molecule has 1 aromatic carbocycles. The van der Waals surface area contributed by atoms with Crippen LogP contribution in [-0.4, -0.2) is 47.7 Å². The van der Waals surface area contributed by atoms with Gasteiger partial charge in [-0.15, -0.1) is 0 Å². The molecule has 4 N–H and O–H groups in total. The summed E-state index contributed by atoms with van der Waals surface area (Å²) in [7, 11) is 0. The number of nitrogens with one attached hydrogen (secondary N) is 4. The van der Waals surface area contributed by atoms with Crippen LogP contribution in [0.15, 0.2) is 24.4 Å². The van der Waals surface area contributed by atoms with Crippen molar-refractivity contribution in [1.82, 2.24) is 20.8 Å². The maximum atomic E-state index is 14.8. The van der Waals surface area contributed by atoms with Crippen molar-refractivity contribution in [1.29, 1.82) is 0 Å². The van der Waals surface area contributed by atoms with E-state index in [2.05, 4.69) is 36.4 Å². The Bertz CT molecular complexity index is 988. The lowest BCUT2D eigenvalue weighted by atomic mass is 9.81. The van der Waals surface area contributed by atoms with E-state index in [1.807, 2.05) is 13.0 Å². The lowest BCUT2D eigenvalue weighted by Crippen LogP contribution is -2.49. The number of aromatic nitrogens is 2.